The van der Waals surface area contributed by atoms with Gasteiger partial charge in [0.15, 0.2) is 0 Å². The lowest BCUT2D eigenvalue weighted by molar-refractivity contribution is 0.0683. The summed E-state index contributed by atoms with van der Waals surface area (Å²) >= 11 is 0. The second-order valence-electron chi connectivity index (χ2n) is 4.06. The Balaban J connectivity index is 2.66. The molecule has 1 aromatic heterocycles. The smallest absolute Gasteiger partial charge is 0.375 e. The highest BCUT2D eigenvalue weighted by Gasteiger charge is 2.19. The summed E-state index contributed by atoms with van der Waals surface area (Å²) in [5.74, 6) is -1.94. The number of benzene rings is 1. The van der Waals surface area contributed by atoms with Crippen molar-refractivity contribution in [1.29, 1.82) is 5.26 Å². The molecule has 1 N–H and O–H groups in total. The number of nitriles is 1. The van der Waals surface area contributed by atoms with E-state index in [1.54, 1.807) is 6.07 Å². The van der Waals surface area contributed by atoms with Gasteiger partial charge in [-0.1, -0.05) is 13.0 Å². The van der Waals surface area contributed by atoms with Crippen molar-refractivity contribution in [3.63, 3.8) is 0 Å². The molecule has 0 bridgehead atoms. The predicted molar refractivity (Wildman–Crippen MR) is 67.0 cm³/mol. The van der Waals surface area contributed by atoms with E-state index in [1.165, 1.54) is 16.8 Å². The van der Waals surface area contributed by atoms with Crippen molar-refractivity contribution < 1.29 is 14.3 Å². The lowest BCUT2D eigenvalue weighted by Gasteiger charge is -2.07. The molecule has 0 amide bonds. The second kappa shape index (κ2) is 5.48. The maximum atomic E-state index is 13.6. The van der Waals surface area contributed by atoms with Gasteiger partial charge in [0.2, 0.25) is 0 Å². The first-order valence-corrected chi connectivity index (χ1v) is 5.96. The molecule has 1 aromatic carbocycles. The van der Waals surface area contributed by atoms with Crippen LogP contribution >= 0.6 is 0 Å². The minimum Gasteiger partial charge on any atom is -0.475 e. The number of halogens is 1. The Morgan fingerprint density at radius 2 is 2.30 bits per heavy atom. The van der Waals surface area contributed by atoms with E-state index in [0.717, 1.165) is 12.5 Å². The zero-order chi connectivity index (χ0) is 14.7. The molecule has 0 atom stereocenters. The molecule has 1 heterocycles. The van der Waals surface area contributed by atoms with E-state index in [2.05, 4.69) is 10.1 Å². The van der Waals surface area contributed by atoms with E-state index in [9.17, 15) is 9.18 Å². The fourth-order valence-corrected chi connectivity index (χ4v) is 1.81. The molecular weight excluding hydrogens is 263 g/mol. The monoisotopic (exact) mass is 274 g/mol. The first kappa shape index (κ1) is 13.7. The number of hydrogen-bond donors (Lipinski definition) is 1. The Bertz CT molecular complexity index is 703. The van der Waals surface area contributed by atoms with Crippen molar-refractivity contribution in [2.45, 2.75) is 19.8 Å². The molecule has 20 heavy (non-hydrogen) atoms. The van der Waals surface area contributed by atoms with Crippen LogP contribution in [0.15, 0.2) is 18.2 Å². The highest BCUT2D eigenvalue weighted by atomic mass is 19.1. The third-order valence-electron chi connectivity index (χ3n) is 2.67. The Kier molecular flexibility index (Phi) is 3.75. The first-order valence-electron chi connectivity index (χ1n) is 5.96. The highest BCUT2D eigenvalue weighted by molar-refractivity contribution is 5.83. The van der Waals surface area contributed by atoms with Gasteiger partial charge >= 0.3 is 5.97 Å². The standard InChI is InChI=1S/C13H11FN4O2/c1-2-4-11-16-12(13(19)20)17-18(11)10-6-3-5-9(14)8(10)7-15/h3,5-6H,2,4H2,1H3,(H,19,20). The van der Waals surface area contributed by atoms with Gasteiger partial charge in [0.25, 0.3) is 5.82 Å². The molecule has 0 unspecified atom stereocenters. The average molecular weight is 274 g/mol. The highest BCUT2D eigenvalue weighted by Crippen LogP contribution is 2.18. The molecule has 0 aliphatic heterocycles. The topological polar surface area (TPSA) is 91.8 Å². The van der Waals surface area contributed by atoms with Crippen molar-refractivity contribution >= 4 is 5.97 Å². The van der Waals surface area contributed by atoms with E-state index in [0.29, 0.717) is 12.2 Å². The summed E-state index contributed by atoms with van der Waals surface area (Å²) in [7, 11) is 0. The summed E-state index contributed by atoms with van der Waals surface area (Å²) in [4.78, 5) is 14.8. The largest absolute Gasteiger partial charge is 0.475 e. The fourth-order valence-electron chi connectivity index (χ4n) is 1.81. The molecule has 0 spiro atoms. The molecule has 0 aliphatic carbocycles. The van der Waals surface area contributed by atoms with Crippen LogP contribution < -0.4 is 0 Å². The van der Waals surface area contributed by atoms with Crippen LogP contribution in [0.4, 0.5) is 4.39 Å². The van der Waals surface area contributed by atoms with Gasteiger partial charge in [-0.3, -0.25) is 0 Å². The van der Waals surface area contributed by atoms with Crippen LogP contribution in [0.25, 0.3) is 5.69 Å². The van der Waals surface area contributed by atoms with E-state index in [4.69, 9.17) is 10.4 Å². The molecule has 0 aliphatic rings. The minimum atomic E-state index is -1.27. The summed E-state index contributed by atoms with van der Waals surface area (Å²) in [5.41, 5.74) is 0.00245. The number of rotatable bonds is 4. The van der Waals surface area contributed by atoms with Gasteiger partial charge in [0, 0.05) is 6.42 Å². The van der Waals surface area contributed by atoms with Crippen LogP contribution in [0, 0.1) is 17.1 Å². The molecular formula is C13H11FN4O2. The van der Waals surface area contributed by atoms with Gasteiger partial charge in [-0.15, -0.1) is 5.10 Å². The number of aromatic carboxylic acids is 1. The molecule has 102 valence electrons. The van der Waals surface area contributed by atoms with Crippen molar-refractivity contribution in [3.05, 3.63) is 41.2 Å². The lowest BCUT2D eigenvalue weighted by atomic mass is 10.2. The quantitative estimate of drug-likeness (QED) is 0.919. The minimum absolute atomic E-state index is 0.188. The van der Waals surface area contributed by atoms with E-state index < -0.39 is 11.8 Å². The molecule has 0 fully saturated rings. The first-order chi connectivity index (χ1) is 9.58. The predicted octanol–water partition coefficient (Wildman–Crippen LogP) is 1.93. The van der Waals surface area contributed by atoms with E-state index >= 15 is 0 Å². The van der Waals surface area contributed by atoms with Gasteiger partial charge in [-0.25, -0.2) is 18.9 Å². The van der Waals surface area contributed by atoms with Crippen LogP contribution in [-0.2, 0) is 6.42 Å². The van der Waals surface area contributed by atoms with Crippen molar-refractivity contribution in [2.75, 3.05) is 0 Å². The maximum Gasteiger partial charge on any atom is 0.375 e. The third kappa shape index (κ3) is 2.36. The Morgan fingerprint density at radius 3 is 2.90 bits per heavy atom. The normalized spacial score (nSPS) is 10.2. The fraction of sp³-hybridized carbons (Fsp3) is 0.231. The second-order valence-corrected chi connectivity index (χ2v) is 4.06. The number of carbonyl (C=O) groups is 1. The summed E-state index contributed by atoms with van der Waals surface area (Å²) < 4.78 is 14.8. The third-order valence-corrected chi connectivity index (χ3v) is 2.67. The number of aromatic nitrogens is 3. The van der Waals surface area contributed by atoms with Gasteiger partial charge < -0.3 is 5.11 Å². The lowest BCUT2D eigenvalue weighted by Crippen LogP contribution is -2.07. The van der Waals surface area contributed by atoms with Crippen LogP contribution in [0.5, 0.6) is 0 Å². The zero-order valence-electron chi connectivity index (χ0n) is 10.7. The Morgan fingerprint density at radius 1 is 1.55 bits per heavy atom. The van der Waals surface area contributed by atoms with Crippen LogP contribution in [0.1, 0.15) is 35.4 Å². The number of aryl methyl sites for hydroxylation is 1. The van der Waals surface area contributed by atoms with Gasteiger partial charge in [0.1, 0.15) is 23.3 Å². The van der Waals surface area contributed by atoms with Crippen molar-refractivity contribution in [3.8, 4) is 11.8 Å². The summed E-state index contributed by atoms with van der Waals surface area (Å²) in [6.07, 6.45) is 1.19. The number of hydrogen-bond acceptors (Lipinski definition) is 4. The maximum absolute atomic E-state index is 13.6. The van der Waals surface area contributed by atoms with Crippen molar-refractivity contribution in [2.24, 2.45) is 0 Å². The summed E-state index contributed by atoms with van der Waals surface area (Å²) in [6, 6.07) is 5.86. The number of carboxylic acid groups (broad SMARTS) is 1. The van der Waals surface area contributed by atoms with E-state index in [1.807, 2.05) is 6.92 Å². The van der Waals surface area contributed by atoms with Crippen LogP contribution in [0.2, 0.25) is 0 Å². The molecule has 0 saturated heterocycles. The molecule has 6 nitrogen and oxygen atoms in total. The van der Waals surface area contributed by atoms with E-state index in [-0.39, 0.29) is 17.1 Å². The molecule has 7 heteroatoms. The SMILES string of the molecule is CCCc1nc(C(=O)O)nn1-c1cccc(F)c1C#N. The van der Waals surface area contributed by atoms with Crippen LogP contribution in [0.3, 0.4) is 0 Å². The zero-order valence-corrected chi connectivity index (χ0v) is 10.7. The average Bonchev–Trinajstić information content (AvgIpc) is 2.83. The Labute approximate surface area is 114 Å². The number of nitrogens with zero attached hydrogens (tertiary/aromatic N) is 4. The molecule has 0 radical (unpaired) electrons. The summed E-state index contributed by atoms with van der Waals surface area (Å²) in [5, 5.41) is 21.8. The molecule has 0 saturated carbocycles. The Hall–Kier alpha value is -2.75. The number of carboxylic acids is 1. The van der Waals surface area contributed by atoms with Gasteiger partial charge in [0.05, 0.1) is 5.69 Å². The van der Waals surface area contributed by atoms with Crippen LogP contribution in [-0.4, -0.2) is 25.8 Å². The molecule has 2 rings (SSSR count). The van der Waals surface area contributed by atoms with Crippen molar-refractivity contribution in [1.82, 2.24) is 14.8 Å². The summed E-state index contributed by atoms with van der Waals surface area (Å²) in [6.45, 7) is 1.90. The van der Waals surface area contributed by atoms with Gasteiger partial charge in [-0.2, -0.15) is 5.26 Å². The molecule has 2 aromatic rings. The van der Waals surface area contributed by atoms with Gasteiger partial charge in [-0.05, 0) is 18.6 Å².